The molecule has 100 valence electrons. The van der Waals surface area contributed by atoms with Gasteiger partial charge in [-0.15, -0.1) is 0 Å². The molecule has 1 heterocycles. The second-order valence-electron chi connectivity index (χ2n) is 4.90. The van der Waals surface area contributed by atoms with Crippen LogP contribution in [0.25, 0.3) is 0 Å². The van der Waals surface area contributed by atoms with Crippen molar-refractivity contribution < 1.29 is 9.47 Å². The molecule has 3 nitrogen and oxygen atoms in total. The van der Waals surface area contributed by atoms with Gasteiger partial charge in [0.15, 0.2) is 0 Å². The summed E-state index contributed by atoms with van der Waals surface area (Å²) in [6, 6.07) is 6.30. The summed E-state index contributed by atoms with van der Waals surface area (Å²) in [7, 11) is 0. The zero-order valence-electron chi connectivity index (χ0n) is 11.4. The molecule has 2 rings (SSSR count). The van der Waals surface area contributed by atoms with Crippen molar-refractivity contribution in [1.82, 2.24) is 0 Å². The highest BCUT2D eigenvalue weighted by Gasteiger charge is 2.14. The summed E-state index contributed by atoms with van der Waals surface area (Å²) in [5.41, 5.74) is 2.32. The SMILES string of the molecule is CCOc1cc(C)ccc1NCC1CCCOC1. The van der Waals surface area contributed by atoms with E-state index in [9.17, 15) is 0 Å². The van der Waals surface area contributed by atoms with Crippen LogP contribution in [0.4, 0.5) is 5.69 Å². The van der Waals surface area contributed by atoms with Gasteiger partial charge in [-0.1, -0.05) is 6.07 Å². The second-order valence-corrected chi connectivity index (χ2v) is 4.90. The largest absolute Gasteiger partial charge is 0.492 e. The maximum atomic E-state index is 5.66. The lowest BCUT2D eigenvalue weighted by atomic mass is 10.0. The molecule has 1 aliphatic heterocycles. The third kappa shape index (κ3) is 3.64. The van der Waals surface area contributed by atoms with Gasteiger partial charge in [-0.25, -0.2) is 0 Å². The summed E-state index contributed by atoms with van der Waals surface area (Å²) in [5, 5.41) is 3.49. The highest BCUT2D eigenvalue weighted by atomic mass is 16.5. The van der Waals surface area contributed by atoms with Gasteiger partial charge in [0, 0.05) is 13.2 Å². The number of hydrogen-bond donors (Lipinski definition) is 1. The zero-order valence-corrected chi connectivity index (χ0v) is 11.4. The van der Waals surface area contributed by atoms with Crippen molar-refractivity contribution in [2.24, 2.45) is 5.92 Å². The minimum absolute atomic E-state index is 0.620. The van der Waals surface area contributed by atoms with Crippen LogP contribution >= 0.6 is 0 Å². The molecule has 1 saturated heterocycles. The van der Waals surface area contributed by atoms with E-state index in [0.717, 1.165) is 31.2 Å². The zero-order chi connectivity index (χ0) is 12.8. The van der Waals surface area contributed by atoms with Gasteiger partial charge < -0.3 is 14.8 Å². The molecule has 0 amide bonds. The van der Waals surface area contributed by atoms with Crippen LogP contribution in [-0.2, 0) is 4.74 Å². The summed E-state index contributed by atoms with van der Waals surface area (Å²) in [5.74, 6) is 1.57. The second kappa shape index (κ2) is 6.64. The molecule has 1 atom stereocenters. The number of benzene rings is 1. The highest BCUT2D eigenvalue weighted by Crippen LogP contribution is 2.26. The van der Waals surface area contributed by atoms with Crippen LogP contribution in [0.15, 0.2) is 18.2 Å². The van der Waals surface area contributed by atoms with Gasteiger partial charge in [0.2, 0.25) is 0 Å². The van der Waals surface area contributed by atoms with E-state index in [1.54, 1.807) is 0 Å². The Morgan fingerprint density at radius 2 is 2.33 bits per heavy atom. The molecule has 0 radical (unpaired) electrons. The molecule has 1 aromatic rings. The first-order valence-electron chi connectivity index (χ1n) is 6.84. The van der Waals surface area contributed by atoms with Crippen molar-refractivity contribution in [2.45, 2.75) is 26.7 Å². The molecule has 0 spiro atoms. The standard InChI is InChI=1S/C15H23NO2/c1-3-18-15-9-12(2)6-7-14(15)16-10-13-5-4-8-17-11-13/h6-7,9,13,16H,3-5,8,10-11H2,1-2H3. The monoisotopic (exact) mass is 249 g/mol. The Morgan fingerprint density at radius 3 is 3.06 bits per heavy atom. The number of rotatable bonds is 5. The lowest BCUT2D eigenvalue weighted by Crippen LogP contribution is -2.24. The number of nitrogens with one attached hydrogen (secondary N) is 1. The molecule has 1 N–H and O–H groups in total. The topological polar surface area (TPSA) is 30.5 Å². The van der Waals surface area contributed by atoms with Gasteiger partial charge in [0.1, 0.15) is 5.75 Å². The van der Waals surface area contributed by atoms with Crippen molar-refractivity contribution in [1.29, 1.82) is 0 Å². The summed E-state index contributed by atoms with van der Waals surface area (Å²) in [4.78, 5) is 0. The van der Waals surface area contributed by atoms with Crippen LogP contribution in [-0.4, -0.2) is 26.4 Å². The third-order valence-corrected chi connectivity index (χ3v) is 3.27. The van der Waals surface area contributed by atoms with Crippen LogP contribution in [0, 0.1) is 12.8 Å². The van der Waals surface area contributed by atoms with Crippen molar-refractivity contribution in [2.75, 3.05) is 31.7 Å². The van der Waals surface area contributed by atoms with E-state index in [2.05, 4.69) is 30.4 Å². The summed E-state index contributed by atoms with van der Waals surface area (Å²) in [6.45, 7) is 7.56. The Bertz CT molecular complexity index is 373. The number of aryl methyl sites for hydroxylation is 1. The summed E-state index contributed by atoms with van der Waals surface area (Å²) >= 11 is 0. The van der Waals surface area contributed by atoms with E-state index in [4.69, 9.17) is 9.47 Å². The van der Waals surface area contributed by atoms with Crippen LogP contribution in [0.1, 0.15) is 25.3 Å². The van der Waals surface area contributed by atoms with Gasteiger partial charge in [-0.3, -0.25) is 0 Å². The van der Waals surface area contributed by atoms with Gasteiger partial charge in [-0.05, 0) is 50.3 Å². The fourth-order valence-corrected chi connectivity index (χ4v) is 2.27. The van der Waals surface area contributed by atoms with Crippen LogP contribution < -0.4 is 10.1 Å². The molecule has 18 heavy (non-hydrogen) atoms. The van der Waals surface area contributed by atoms with Crippen LogP contribution in [0.2, 0.25) is 0 Å². The quantitative estimate of drug-likeness (QED) is 0.869. The molecule has 1 unspecified atom stereocenters. The molecular weight excluding hydrogens is 226 g/mol. The summed E-state index contributed by atoms with van der Waals surface area (Å²) in [6.07, 6.45) is 2.43. The number of anilines is 1. The lowest BCUT2D eigenvalue weighted by Gasteiger charge is -2.23. The van der Waals surface area contributed by atoms with Gasteiger partial charge >= 0.3 is 0 Å². The Balaban J connectivity index is 1.94. The first kappa shape index (κ1) is 13.2. The molecule has 1 fully saturated rings. The Morgan fingerprint density at radius 1 is 1.44 bits per heavy atom. The van der Waals surface area contributed by atoms with Crippen molar-refractivity contribution in [3.63, 3.8) is 0 Å². The van der Waals surface area contributed by atoms with Gasteiger partial charge in [0.05, 0.1) is 18.9 Å². The highest BCUT2D eigenvalue weighted by molar-refractivity contribution is 5.57. The molecule has 0 aliphatic carbocycles. The molecule has 1 aromatic carbocycles. The van der Waals surface area contributed by atoms with E-state index in [-0.39, 0.29) is 0 Å². The maximum Gasteiger partial charge on any atom is 0.142 e. The first-order valence-corrected chi connectivity index (χ1v) is 6.84. The molecule has 3 heteroatoms. The van der Waals surface area contributed by atoms with Crippen molar-refractivity contribution >= 4 is 5.69 Å². The minimum atomic E-state index is 0.620. The average molecular weight is 249 g/mol. The Hall–Kier alpha value is -1.22. The molecule has 0 bridgehead atoms. The smallest absolute Gasteiger partial charge is 0.142 e. The van der Waals surface area contributed by atoms with E-state index in [0.29, 0.717) is 12.5 Å². The number of ether oxygens (including phenoxy) is 2. The molecule has 0 aromatic heterocycles. The normalized spacial score (nSPS) is 19.6. The average Bonchev–Trinajstić information content (AvgIpc) is 2.39. The van der Waals surface area contributed by atoms with Crippen LogP contribution in [0.5, 0.6) is 5.75 Å². The van der Waals surface area contributed by atoms with Gasteiger partial charge in [-0.2, -0.15) is 0 Å². The van der Waals surface area contributed by atoms with Crippen molar-refractivity contribution in [3.05, 3.63) is 23.8 Å². The molecular formula is C15H23NO2. The third-order valence-electron chi connectivity index (χ3n) is 3.27. The van der Waals surface area contributed by atoms with Crippen molar-refractivity contribution in [3.8, 4) is 5.75 Å². The van der Waals surface area contributed by atoms with E-state index >= 15 is 0 Å². The predicted molar refractivity (Wildman–Crippen MR) is 74.4 cm³/mol. The fourth-order valence-electron chi connectivity index (χ4n) is 2.27. The Kier molecular flexibility index (Phi) is 4.88. The van der Waals surface area contributed by atoms with Crippen LogP contribution in [0.3, 0.4) is 0 Å². The minimum Gasteiger partial charge on any atom is -0.492 e. The predicted octanol–water partition coefficient (Wildman–Crippen LogP) is 3.23. The maximum absolute atomic E-state index is 5.66. The Labute approximate surface area is 109 Å². The molecule has 0 saturated carbocycles. The molecule has 1 aliphatic rings. The van der Waals surface area contributed by atoms with E-state index in [1.165, 1.54) is 18.4 Å². The summed E-state index contributed by atoms with van der Waals surface area (Å²) < 4.78 is 11.2. The lowest BCUT2D eigenvalue weighted by molar-refractivity contribution is 0.0595. The van der Waals surface area contributed by atoms with Gasteiger partial charge in [0.25, 0.3) is 0 Å². The fraction of sp³-hybridized carbons (Fsp3) is 0.600. The van der Waals surface area contributed by atoms with E-state index < -0.39 is 0 Å². The van der Waals surface area contributed by atoms with E-state index in [1.807, 2.05) is 6.92 Å². The first-order chi connectivity index (χ1) is 8.79. The number of hydrogen-bond acceptors (Lipinski definition) is 3.